The van der Waals surface area contributed by atoms with Gasteiger partial charge in [-0.3, -0.25) is 0 Å². The molecule has 5 heteroatoms. The predicted molar refractivity (Wildman–Crippen MR) is 75.7 cm³/mol. The van der Waals surface area contributed by atoms with Crippen LogP contribution in [0.25, 0.3) is 11.5 Å². The molecule has 2 rings (SSSR count). The lowest BCUT2D eigenvalue weighted by molar-refractivity contribution is 0.541. The Labute approximate surface area is 115 Å². The van der Waals surface area contributed by atoms with Gasteiger partial charge in [-0.15, -0.1) is 0 Å². The lowest BCUT2D eigenvalue weighted by Gasteiger charge is -2.18. The first-order valence-corrected chi connectivity index (χ1v) is 6.52. The van der Waals surface area contributed by atoms with E-state index >= 15 is 0 Å². The molecule has 0 aliphatic carbocycles. The van der Waals surface area contributed by atoms with E-state index in [1.807, 2.05) is 19.2 Å². The van der Waals surface area contributed by atoms with Gasteiger partial charge in [0.25, 0.3) is 0 Å². The molecule has 0 saturated heterocycles. The fourth-order valence-corrected chi connectivity index (χ4v) is 1.91. The van der Waals surface area contributed by atoms with Crippen LogP contribution in [0.15, 0.2) is 27.3 Å². The monoisotopic (exact) mass is 309 g/mol. The Morgan fingerprint density at radius 3 is 2.50 bits per heavy atom. The van der Waals surface area contributed by atoms with Gasteiger partial charge >= 0.3 is 0 Å². The van der Waals surface area contributed by atoms with Crippen LogP contribution in [0.4, 0.5) is 5.82 Å². The summed E-state index contributed by atoms with van der Waals surface area (Å²) >= 11 is 3.45. The number of aromatic nitrogens is 2. The van der Waals surface area contributed by atoms with Gasteiger partial charge in [0, 0.05) is 18.5 Å². The number of halogens is 1. The molecule has 0 aromatic carbocycles. The molecule has 2 aromatic rings. The second-order valence-electron chi connectivity index (χ2n) is 5.06. The van der Waals surface area contributed by atoms with Gasteiger partial charge in [-0.1, -0.05) is 20.8 Å². The number of nitrogens with zero attached hydrogens (tertiary/aromatic N) is 2. The molecule has 4 nitrogen and oxygen atoms in total. The third-order valence-electron chi connectivity index (χ3n) is 2.50. The summed E-state index contributed by atoms with van der Waals surface area (Å²) in [4.78, 5) is 9.06. The van der Waals surface area contributed by atoms with E-state index in [1.54, 1.807) is 6.26 Å². The third-order valence-corrected chi connectivity index (χ3v) is 3.13. The lowest BCUT2D eigenvalue weighted by atomic mass is 9.95. The molecule has 0 spiro atoms. The van der Waals surface area contributed by atoms with Crippen molar-refractivity contribution in [3.63, 3.8) is 0 Å². The Kier molecular flexibility index (Phi) is 3.43. The third kappa shape index (κ3) is 2.56. The van der Waals surface area contributed by atoms with E-state index in [1.165, 1.54) is 0 Å². The van der Waals surface area contributed by atoms with Crippen molar-refractivity contribution in [3.8, 4) is 11.5 Å². The number of hydrogen-bond donors (Lipinski definition) is 1. The van der Waals surface area contributed by atoms with E-state index in [4.69, 9.17) is 4.42 Å². The van der Waals surface area contributed by atoms with Crippen LogP contribution in [0.3, 0.4) is 0 Å². The van der Waals surface area contributed by atoms with Crippen LogP contribution in [0, 0.1) is 0 Å². The molecule has 0 radical (unpaired) electrons. The van der Waals surface area contributed by atoms with Gasteiger partial charge in [-0.25, -0.2) is 9.97 Å². The normalized spacial score (nSPS) is 11.6. The SMILES string of the molecule is CNc1cc(-c2occc2Br)nc(C(C)(C)C)n1. The van der Waals surface area contributed by atoms with Gasteiger partial charge in [0.15, 0.2) is 5.76 Å². The zero-order valence-electron chi connectivity index (χ0n) is 10.9. The summed E-state index contributed by atoms with van der Waals surface area (Å²) in [5.41, 5.74) is 0.664. The standard InChI is InChI=1S/C13H16BrN3O/c1-13(2,3)12-16-9(7-10(15-4)17-12)11-8(14)5-6-18-11/h5-7H,1-4H3,(H,15,16,17). The molecule has 96 valence electrons. The summed E-state index contributed by atoms with van der Waals surface area (Å²) in [7, 11) is 1.84. The highest BCUT2D eigenvalue weighted by atomic mass is 79.9. The number of hydrogen-bond acceptors (Lipinski definition) is 4. The highest BCUT2D eigenvalue weighted by molar-refractivity contribution is 9.10. The molecular formula is C13H16BrN3O. The van der Waals surface area contributed by atoms with Crippen LogP contribution in [0.1, 0.15) is 26.6 Å². The van der Waals surface area contributed by atoms with Crippen molar-refractivity contribution < 1.29 is 4.42 Å². The molecule has 0 aliphatic rings. The van der Waals surface area contributed by atoms with Crippen molar-refractivity contribution in [1.29, 1.82) is 0 Å². The van der Waals surface area contributed by atoms with E-state index in [0.717, 1.165) is 27.6 Å². The molecule has 1 N–H and O–H groups in total. The largest absolute Gasteiger partial charge is 0.461 e. The van der Waals surface area contributed by atoms with Crippen molar-refractivity contribution in [2.45, 2.75) is 26.2 Å². The highest BCUT2D eigenvalue weighted by Gasteiger charge is 2.20. The second kappa shape index (κ2) is 4.72. The molecule has 18 heavy (non-hydrogen) atoms. The average molecular weight is 310 g/mol. The maximum absolute atomic E-state index is 5.45. The van der Waals surface area contributed by atoms with Gasteiger partial charge in [0.2, 0.25) is 0 Å². The first-order chi connectivity index (χ1) is 8.41. The highest BCUT2D eigenvalue weighted by Crippen LogP contribution is 2.30. The molecule has 2 aromatic heterocycles. The van der Waals surface area contributed by atoms with E-state index < -0.39 is 0 Å². The minimum atomic E-state index is -0.110. The van der Waals surface area contributed by atoms with Crippen molar-refractivity contribution in [2.24, 2.45) is 0 Å². The minimum absolute atomic E-state index is 0.110. The Balaban J connectivity index is 2.58. The minimum Gasteiger partial charge on any atom is -0.461 e. The Morgan fingerprint density at radius 2 is 2.00 bits per heavy atom. The van der Waals surface area contributed by atoms with E-state index in [-0.39, 0.29) is 5.41 Å². The quantitative estimate of drug-likeness (QED) is 0.915. The maximum atomic E-state index is 5.45. The van der Waals surface area contributed by atoms with Gasteiger partial charge in [0.1, 0.15) is 17.3 Å². The molecule has 0 bridgehead atoms. The smallest absolute Gasteiger partial charge is 0.166 e. The van der Waals surface area contributed by atoms with Crippen LogP contribution < -0.4 is 5.32 Å². The summed E-state index contributed by atoms with van der Waals surface area (Å²) in [6, 6.07) is 3.73. The van der Waals surface area contributed by atoms with Crippen molar-refractivity contribution in [2.75, 3.05) is 12.4 Å². The zero-order valence-corrected chi connectivity index (χ0v) is 12.5. The Bertz CT molecular complexity index is 558. The Morgan fingerprint density at radius 1 is 1.28 bits per heavy atom. The number of anilines is 1. The topological polar surface area (TPSA) is 51.0 Å². The molecule has 0 aliphatic heterocycles. The van der Waals surface area contributed by atoms with Gasteiger partial charge < -0.3 is 9.73 Å². The summed E-state index contributed by atoms with van der Waals surface area (Å²) in [6.45, 7) is 6.26. The summed E-state index contributed by atoms with van der Waals surface area (Å²) < 4.78 is 6.34. The first kappa shape index (κ1) is 13.1. The molecule has 0 amide bonds. The van der Waals surface area contributed by atoms with Crippen molar-refractivity contribution >= 4 is 21.7 Å². The van der Waals surface area contributed by atoms with Gasteiger partial charge in [-0.05, 0) is 22.0 Å². The zero-order chi connectivity index (χ0) is 13.3. The second-order valence-corrected chi connectivity index (χ2v) is 5.91. The van der Waals surface area contributed by atoms with E-state index in [0.29, 0.717) is 0 Å². The van der Waals surface area contributed by atoms with Crippen LogP contribution in [0.2, 0.25) is 0 Å². The van der Waals surface area contributed by atoms with Crippen molar-refractivity contribution in [3.05, 3.63) is 28.7 Å². The summed E-state index contributed by atoms with van der Waals surface area (Å²) in [5, 5.41) is 3.05. The van der Waals surface area contributed by atoms with Crippen molar-refractivity contribution in [1.82, 2.24) is 9.97 Å². The lowest BCUT2D eigenvalue weighted by Crippen LogP contribution is -2.17. The average Bonchev–Trinajstić information content (AvgIpc) is 2.73. The number of rotatable bonds is 2. The maximum Gasteiger partial charge on any atom is 0.166 e. The van der Waals surface area contributed by atoms with E-state index in [2.05, 4.69) is 52.0 Å². The Hall–Kier alpha value is -1.36. The number of furan rings is 1. The van der Waals surface area contributed by atoms with Gasteiger partial charge in [0.05, 0.1) is 10.7 Å². The summed E-state index contributed by atoms with van der Waals surface area (Å²) in [6.07, 6.45) is 1.64. The molecule has 0 atom stereocenters. The fraction of sp³-hybridized carbons (Fsp3) is 0.385. The molecule has 0 saturated carbocycles. The van der Waals surface area contributed by atoms with Crippen LogP contribution in [-0.2, 0) is 5.41 Å². The molecule has 2 heterocycles. The van der Waals surface area contributed by atoms with Crippen LogP contribution in [-0.4, -0.2) is 17.0 Å². The molecule has 0 unspecified atom stereocenters. The van der Waals surface area contributed by atoms with E-state index in [9.17, 15) is 0 Å². The van der Waals surface area contributed by atoms with Gasteiger partial charge in [-0.2, -0.15) is 0 Å². The fourth-order valence-electron chi connectivity index (χ4n) is 1.50. The number of nitrogens with one attached hydrogen (secondary N) is 1. The molecule has 0 fully saturated rings. The summed E-state index contributed by atoms with van der Waals surface area (Å²) in [5.74, 6) is 2.29. The molecular weight excluding hydrogens is 294 g/mol. The van der Waals surface area contributed by atoms with Crippen LogP contribution >= 0.6 is 15.9 Å². The predicted octanol–water partition coefficient (Wildman–Crippen LogP) is 3.84. The van der Waals surface area contributed by atoms with Crippen LogP contribution in [0.5, 0.6) is 0 Å². The first-order valence-electron chi connectivity index (χ1n) is 5.72.